The van der Waals surface area contributed by atoms with E-state index in [1.165, 1.54) is 18.2 Å². The Morgan fingerprint density at radius 2 is 1.90 bits per heavy atom. The first kappa shape index (κ1) is 16.1. The molecule has 20 heavy (non-hydrogen) atoms. The third kappa shape index (κ3) is 3.79. The fourth-order valence-corrected chi connectivity index (χ4v) is 1.51. The zero-order chi connectivity index (χ0) is 15.2. The van der Waals surface area contributed by atoms with Crippen molar-refractivity contribution in [1.29, 1.82) is 0 Å². The third-order valence-electron chi connectivity index (χ3n) is 2.86. The lowest BCUT2D eigenvalue weighted by molar-refractivity contribution is -0.251. The van der Waals surface area contributed by atoms with Crippen LogP contribution >= 0.6 is 0 Å². The van der Waals surface area contributed by atoms with Crippen LogP contribution in [-0.2, 0) is 9.57 Å². The molecule has 4 nitrogen and oxygen atoms in total. The Balaban J connectivity index is 3.08. The molecule has 1 rings (SSSR count). The first-order chi connectivity index (χ1) is 9.46. The van der Waals surface area contributed by atoms with E-state index in [2.05, 4.69) is 13.2 Å². The minimum absolute atomic E-state index is 0.264. The molecule has 0 radical (unpaired) electrons. The fraction of sp³-hybridized carbons (Fsp3) is 0.312. The predicted molar refractivity (Wildman–Crippen MR) is 79.0 cm³/mol. The molecule has 1 aromatic rings. The van der Waals surface area contributed by atoms with E-state index in [0.717, 1.165) is 0 Å². The van der Waals surface area contributed by atoms with Crippen LogP contribution in [0.1, 0.15) is 24.2 Å². The molecule has 108 valence electrons. The highest BCUT2D eigenvalue weighted by Crippen LogP contribution is 2.21. The van der Waals surface area contributed by atoms with Crippen molar-refractivity contribution in [3.05, 3.63) is 61.2 Å². The van der Waals surface area contributed by atoms with Gasteiger partial charge in [0.15, 0.2) is 0 Å². The van der Waals surface area contributed by atoms with E-state index in [9.17, 15) is 4.79 Å². The van der Waals surface area contributed by atoms with Gasteiger partial charge in [0.1, 0.15) is 0 Å². The second-order valence-corrected chi connectivity index (χ2v) is 4.77. The first-order valence-electron chi connectivity index (χ1n) is 6.31. The quantitative estimate of drug-likeness (QED) is 0.436. The summed E-state index contributed by atoms with van der Waals surface area (Å²) in [5.74, 6) is -0.264. The topological polar surface area (TPSA) is 38.8 Å². The largest absolute Gasteiger partial charge is 0.350 e. The summed E-state index contributed by atoms with van der Waals surface area (Å²) in [6, 6.07) is 8.91. The highest BCUT2D eigenvalue weighted by molar-refractivity contribution is 5.94. The number of carbonyl (C=O) groups excluding carboxylic acids is 1. The molecule has 0 aliphatic heterocycles. The summed E-state index contributed by atoms with van der Waals surface area (Å²) in [5, 5.41) is 1.26. The Morgan fingerprint density at radius 3 is 2.35 bits per heavy atom. The number of nitrogens with zero attached hydrogens (tertiary/aromatic N) is 1. The summed E-state index contributed by atoms with van der Waals surface area (Å²) < 4.78 is 5.09. The molecule has 0 N–H and O–H groups in total. The Bertz CT molecular complexity index is 468. The van der Waals surface area contributed by atoms with E-state index in [4.69, 9.17) is 9.57 Å². The summed E-state index contributed by atoms with van der Waals surface area (Å²) in [4.78, 5) is 18.2. The maximum atomic E-state index is 12.6. The van der Waals surface area contributed by atoms with Crippen molar-refractivity contribution in [2.45, 2.75) is 25.7 Å². The molecule has 0 spiro atoms. The van der Waals surface area contributed by atoms with E-state index in [0.29, 0.717) is 5.56 Å². The van der Waals surface area contributed by atoms with Crippen molar-refractivity contribution in [3.8, 4) is 0 Å². The normalized spacial score (nSPS) is 12.6. The number of amides is 1. The Hall–Kier alpha value is -1.91. The van der Waals surface area contributed by atoms with Crippen LogP contribution in [0.2, 0.25) is 0 Å². The number of ether oxygens (including phenoxy) is 1. The first-order valence-corrected chi connectivity index (χ1v) is 6.31. The molecular weight excluding hydrogens is 254 g/mol. The fourth-order valence-electron chi connectivity index (χ4n) is 1.51. The minimum Gasteiger partial charge on any atom is -0.350 e. The van der Waals surface area contributed by atoms with Crippen LogP contribution < -0.4 is 0 Å². The molecule has 0 heterocycles. The van der Waals surface area contributed by atoms with Crippen molar-refractivity contribution in [2.24, 2.45) is 0 Å². The van der Waals surface area contributed by atoms with Gasteiger partial charge in [-0.3, -0.25) is 4.79 Å². The van der Waals surface area contributed by atoms with Gasteiger partial charge in [-0.15, -0.1) is 6.58 Å². The summed E-state index contributed by atoms with van der Waals surface area (Å²) in [6.45, 7) is 11.0. The van der Waals surface area contributed by atoms with Gasteiger partial charge in [-0.1, -0.05) is 30.9 Å². The standard InChI is InChI=1S/C16H21NO3/c1-6-14(19-5)20-17(16(3,4)7-2)15(18)13-11-9-8-10-12-13/h6-12,14H,1-2H2,3-5H3. The van der Waals surface area contributed by atoms with Gasteiger partial charge in [0, 0.05) is 12.7 Å². The second-order valence-electron chi connectivity index (χ2n) is 4.77. The van der Waals surface area contributed by atoms with Gasteiger partial charge in [-0.2, -0.15) is 0 Å². The summed E-state index contributed by atoms with van der Waals surface area (Å²) in [5.41, 5.74) is -0.159. The zero-order valence-corrected chi connectivity index (χ0v) is 12.2. The number of carbonyl (C=O) groups is 1. The highest BCUT2D eigenvalue weighted by atomic mass is 16.8. The molecule has 0 saturated carbocycles. The van der Waals surface area contributed by atoms with Crippen molar-refractivity contribution in [2.75, 3.05) is 7.11 Å². The van der Waals surface area contributed by atoms with Crippen molar-refractivity contribution in [1.82, 2.24) is 5.06 Å². The van der Waals surface area contributed by atoms with E-state index < -0.39 is 11.8 Å². The smallest absolute Gasteiger partial charge is 0.278 e. The average Bonchev–Trinajstić information content (AvgIpc) is 2.48. The maximum Gasteiger partial charge on any atom is 0.278 e. The molecule has 0 saturated heterocycles. The lowest BCUT2D eigenvalue weighted by atomic mass is 10.0. The lowest BCUT2D eigenvalue weighted by Crippen LogP contribution is -2.48. The maximum absolute atomic E-state index is 12.6. The van der Waals surface area contributed by atoms with Gasteiger partial charge >= 0.3 is 0 Å². The molecule has 0 fully saturated rings. The van der Waals surface area contributed by atoms with Crippen LogP contribution in [0.4, 0.5) is 0 Å². The molecule has 1 aromatic carbocycles. The van der Waals surface area contributed by atoms with Gasteiger partial charge in [0.05, 0.1) is 5.54 Å². The zero-order valence-electron chi connectivity index (χ0n) is 12.2. The molecule has 1 unspecified atom stereocenters. The number of rotatable bonds is 7. The SMILES string of the molecule is C=CC(OC)ON(C(=O)c1ccccc1)C(C)(C)C=C. The lowest BCUT2D eigenvalue weighted by Gasteiger charge is -2.36. The van der Waals surface area contributed by atoms with Crippen LogP contribution in [0.15, 0.2) is 55.6 Å². The van der Waals surface area contributed by atoms with Gasteiger partial charge in [0.2, 0.25) is 6.29 Å². The second kappa shape index (κ2) is 7.03. The molecule has 0 aliphatic rings. The molecule has 4 heteroatoms. The number of hydrogen-bond acceptors (Lipinski definition) is 3. The Kier molecular flexibility index (Phi) is 5.67. The van der Waals surface area contributed by atoms with Gasteiger partial charge in [0.25, 0.3) is 5.91 Å². The summed E-state index contributed by atoms with van der Waals surface area (Å²) in [6.07, 6.45) is 2.41. The van der Waals surface area contributed by atoms with Crippen molar-refractivity contribution in [3.63, 3.8) is 0 Å². The molecular formula is C16H21NO3. The van der Waals surface area contributed by atoms with Crippen LogP contribution in [0.5, 0.6) is 0 Å². The number of benzene rings is 1. The third-order valence-corrected chi connectivity index (χ3v) is 2.86. The van der Waals surface area contributed by atoms with Crippen molar-refractivity contribution < 1.29 is 14.4 Å². The monoisotopic (exact) mass is 275 g/mol. The average molecular weight is 275 g/mol. The minimum atomic E-state index is -0.707. The molecule has 0 aromatic heterocycles. The van der Waals surface area contributed by atoms with E-state index in [1.54, 1.807) is 30.3 Å². The molecule has 1 amide bonds. The highest BCUT2D eigenvalue weighted by Gasteiger charge is 2.32. The Morgan fingerprint density at radius 1 is 1.30 bits per heavy atom. The van der Waals surface area contributed by atoms with Crippen LogP contribution in [-0.4, -0.2) is 29.9 Å². The van der Waals surface area contributed by atoms with E-state index in [1.807, 2.05) is 19.9 Å². The Labute approximate surface area is 120 Å². The van der Waals surface area contributed by atoms with E-state index in [-0.39, 0.29) is 5.91 Å². The van der Waals surface area contributed by atoms with Crippen LogP contribution in [0, 0.1) is 0 Å². The summed E-state index contributed by atoms with van der Waals surface area (Å²) >= 11 is 0. The van der Waals surface area contributed by atoms with Crippen LogP contribution in [0.3, 0.4) is 0 Å². The van der Waals surface area contributed by atoms with Crippen LogP contribution in [0.25, 0.3) is 0 Å². The van der Waals surface area contributed by atoms with Gasteiger partial charge in [-0.25, -0.2) is 9.90 Å². The van der Waals surface area contributed by atoms with Gasteiger partial charge < -0.3 is 4.74 Å². The number of methoxy groups -OCH3 is 1. The molecule has 0 aliphatic carbocycles. The molecule has 1 atom stereocenters. The predicted octanol–water partition coefficient (Wildman–Crippen LogP) is 3.18. The number of hydrogen-bond donors (Lipinski definition) is 0. The number of hydroxylamine groups is 2. The molecule has 0 bridgehead atoms. The van der Waals surface area contributed by atoms with Gasteiger partial charge in [-0.05, 0) is 32.1 Å². The van der Waals surface area contributed by atoms with E-state index >= 15 is 0 Å². The summed E-state index contributed by atoms with van der Waals surface area (Å²) in [7, 11) is 1.48. The van der Waals surface area contributed by atoms with Crippen molar-refractivity contribution >= 4 is 5.91 Å².